The van der Waals surface area contributed by atoms with Gasteiger partial charge in [-0.1, -0.05) is 25.1 Å². The number of hydrogen-bond donors (Lipinski definition) is 3. The lowest BCUT2D eigenvalue weighted by Gasteiger charge is -2.35. The summed E-state index contributed by atoms with van der Waals surface area (Å²) in [7, 11) is 1.56. The molecule has 0 aromatic heterocycles. The highest BCUT2D eigenvalue weighted by Crippen LogP contribution is 2.31. The predicted molar refractivity (Wildman–Crippen MR) is 184 cm³/mol. The third-order valence-corrected chi connectivity index (χ3v) is 8.61. The molecule has 0 bridgehead atoms. The highest BCUT2D eigenvalue weighted by atomic mass is 19.4. The molecule has 4 amide bonds. The van der Waals surface area contributed by atoms with E-state index in [-0.39, 0.29) is 48.9 Å². The number of carbonyl (C=O) groups excluding carboxylic acids is 3. The zero-order valence-corrected chi connectivity index (χ0v) is 28.7. The van der Waals surface area contributed by atoms with Crippen molar-refractivity contribution in [2.45, 2.75) is 64.5 Å². The number of alkyl halides is 3. The predicted octanol–water partition coefficient (Wildman–Crippen LogP) is 6.92. The number of benzene rings is 3. The molecule has 270 valence electrons. The Balaban J connectivity index is 1.57. The van der Waals surface area contributed by atoms with Gasteiger partial charge in [-0.05, 0) is 87.7 Å². The maximum Gasteiger partial charge on any atom is 0.416 e. The number of likely N-dealkylation sites (N-methyl/N-ethyl adjacent to an activating group) is 1. The summed E-state index contributed by atoms with van der Waals surface area (Å²) < 4.78 is 51.5. The van der Waals surface area contributed by atoms with Crippen LogP contribution in [0.1, 0.15) is 66.3 Å². The Morgan fingerprint density at radius 2 is 1.68 bits per heavy atom. The maximum atomic E-state index is 14.3. The quantitative estimate of drug-likeness (QED) is 0.247. The van der Waals surface area contributed by atoms with E-state index in [1.54, 1.807) is 56.4 Å². The molecule has 3 aromatic carbocycles. The zero-order chi connectivity index (χ0) is 36.4. The topological polar surface area (TPSA) is 120 Å². The van der Waals surface area contributed by atoms with Gasteiger partial charge in [0, 0.05) is 49.6 Å². The molecule has 4 rings (SSSR count). The van der Waals surface area contributed by atoms with Crippen LogP contribution in [0.3, 0.4) is 0 Å². The standard InChI is InChI=1S/C37H45F3N4O6/c1-24-21-44(25(2)23-45)35(47)31-20-30(41-34(46)27-11-6-5-7-12-27)17-18-32(31)50-26(3)10-8-9-19-49-33(24)22-43(4)36(48)42-29-15-13-28(14-16-29)37(38,39)40/h5-7,11-18,20,24-26,33,45H,8-10,19,21-23H2,1-4H3,(H,41,46)(H,42,48)/t24-,25+,26+,33+/m0/s1. The fraction of sp³-hybridized carbons (Fsp3) is 0.432. The Hall–Kier alpha value is -4.62. The third kappa shape index (κ3) is 10.4. The molecule has 0 saturated heterocycles. The largest absolute Gasteiger partial charge is 0.490 e. The highest BCUT2D eigenvalue weighted by Gasteiger charge is 2.32. The number of hydrogen-bond acceptors (Lipinski definition) is 6. The summed E-state index contributed by atoms with van der Waals surface area (Å²) in [4.78, 5) is 43.2. The number of nitrogens with one attached hydrogen (secondary N) is 2. The minimum absolute atomic E-state index is 0.120. The minimum Gasteiger partial charge on any atom is -0.490 e. The smallest absolute Gasteiger partial charge is 0.416 e. The van der Waals surface area contributed by atoms with Gasteiger partial charge >= 0.3 is 12.2 Å². The van der Waals surface area contributed by atoms with E-state index in [1.807, 2.05) is 19.9 Å². The summed E-state index contributed by atoms with van der Waals surface area (Å²) in [6.45, 7) is 5.85. The second-order valence-corrected chi connectivity index (χ2v) is 12.7. The SMILES string of the molecule is C[C@@H]1CCCCO[C@H](CN(C)C(=O)Nc2ccc(C(F)(F)F)cc2)[C@@H](C)CN([C@H](C)CO)C(=O)c2cc(NC(=O)c3ccccc3)ccc2O1. The van der Waals surface area contributed by atoms with Crippen LogP contribution in [0.5, 0.6) is 5.75 Å². The van der Waals surface area contributed by atoms with Gasteiger partial charge in [-0.2, -0.15) is 13.2 Å². The number of carbonyl (C=O) groups is 3. The van der Waals surface area contributed by atoms with Gasteiger partial charge < -0.3 is 35.0 Å². The number of anilines is 2. The van der Waals surface area contributed by atoms with Crippen LogP contribution in [0.25, 0.3) is 0 Å². The lowest BCUT2D eigenvalue weighted by molar-refractivity contribution is -0.137. The molecule has 50 heavy (non-hydrogen) atoms. The van der Waals surface area contributed by atoms with Crippen LogP contribution in [-0.4, -0.2) is 84.4 Å². The van der Waals surface area contributed by atoms with Crippen LogP contribution in [-0.2, 0) is 10.9 Å². The molecule has 0 unspecified atom stereocenters. The first-order chi connectivity index (χ1) is 23.8. The van der Waals surface area contributed by atoms with Gasteiger partial charge in [-0.3, -0.25) is 9.59 Å². The first-order valence-corrected chi connectivity index (χ1v) is 16.7. The molecule has 10 nitrogen and oxygen atoms in total. The summed E-state index contributed by atoms with van der Waals surface area (Å²) in [5.41, 5.74) is 0.460. The number of ether oxygens (including phenoxy) is 2. The van der Waals surface area contributed by atoms with Gasteiger partial charge in [-0.15, -0.1) is 0 Å². The fourth-order valence-electron chi connectivity index (χ4n) is 5.57. The Kier molecular flexibility index (Phi) is 13.3. The van der Waals surface area contributed by atoms with E-state index in [2.05, 4.69) is 10.6 Å². The molecule has 3 aromatic rings. The molecular formula is C37H45F3N4O6. The Morgan fingerprint density at radius 1 is 1.00 bits per heavy atom. The van der Waals surface area contributed by atoms with E-state index < -0.39 is 35.8 Å². The molecular weight excluding hydrogens is 653 g/mol. The number of urea groups is 1. The molecule has 1 aliphatic heterocycles. The van der Waals surface area contributed by atoms with E-state index >= 15 is 0 Å². The van der Waals surface area contributed by atoms with Crippen LogP contribution in [0, 0.1) is 5.92 Å². The van der Waals surface area contributed by atoms with Gasteiger partial charge in [0.15, 0.2) is 0 Å². The van der Waals surface area contributed by atoms with E-state index in [9.17, 15) is 32.7 Å². The summed E-state index contributed by atoms with van der Waals surface area (Å²) >= 11 is 0. The summed E-state index contributed by atoms with van der Waals surface area (Å²) in [5.74, 6) is -0.733. The number of halogens is 3. The fourth-order valence-corrected chi connectivity index (χ4v) is 5.57. The van der Waals surface area contributed by atoms with Crippen molar-refractivity contribution in [2.75, 3.05) is 44.0 Å². The summed E-state index contributed by atoms with van der Waals surface area (Å²) in [6, 6.07) is 16.6. The number of fused-ring (bicyclic) bond motifs is 1. The number of aliphatic hydroxyl groups excluding tert-OH is 1. The van der Waals surface area contributed by atoms with Gasteiger partial charge in [0.05, 0.1) is 36.0 Å². The Bertz CT molecular complexity index is 1590. The van der Waals surface area contributed by atoms with Crippen molar-refractivity contribution in [3.05, 3.63) is 89.5 Å². The second-order valence-electron chi connectivity index (χ2n) is 12.7. The molecule has 1 heterocycles. The average Bonchev–Trinajstić information content (AvgIpc) is 3.09. The Labute approximate surface area is 290 Å². The summed E-state index contributed by atoms with van der Waals surface area (Å²) in [5, 5.41) is 15.7. The van der Waals surface area contributed by atoms with E-state index in [1.165, 1.54) is 21.9 Å². The zero-order valence-electron chi connectivity index (χ0n) is 28.7. The molecule has 0 radical (unpaired) electrons. The molecule has 3 N–H and O–H groups in total. The molecule has 0 spiro atoms. The monoisotopic (exact) mass is 698 g/mol. The Morgan fingerprint density at radius 3 is 2.34 bits per heavy atom. The first-order valence-electron chi connectivity index (χ1n) is 16.7. The van der Waals surface area contributed by atoms with Gasteiger partial charge in [-0.25, -0.2) is 4.79 Å². The molecule has 0 aliphatic carbocycles. The van der Waals surface area contributed by atoms with Crippen molar-refractivity contribution in [1.29, 1.82) is 0 Å². The molecule has 0 saturated carbocycles. The van der Waals surface area contributed by atoms with Crippen molar-refractivity contribution >= 4 is 29.2 Å². The van der Waals surface area contributed by atoms with Gasteiger partial charge in [0.25, 0.3) is 11.8 Å². The lowest BCUT2D eigenvalue weighted by atomic mass is 10.0. The first kappa shape index (κ1) is 38.2. The minimum atomic E-state index is -4.49. The molecule has 0 fully saturated rings. The third-order valence-electron chi connectivity index (χ3n) is 8.61. The number of rotatable bonds is 7. The van der Waals surface area contributed by atoms with Crippen molar-refractivity contribution in [3.63, 3.8) is 0 Å². The van der Waals surface area contributed by atoms with Crippen LogP contribution >= 0.6 is 0 Å². The van der Waals surface area contributed by atoms with Crippen LogP contribution in [0.2, 0.25) is 0 Å². The van der Waals surface area contributed by atoms with E-state index in [4.69, 9.17) is 9.47 Å². The van der Waals surface area contributed by atoms with E-state index in [0.29, 0.717) is 36.4 Å². The van der Waals surface area contributed by atoms with Gasteiger partial charge in [0.1, 0.15) is 5.75 Å². The number of aliphatic hydroxyl groups is 1. The van der Waals surface area contributed by atoms with Crippen LogP contribution < -0.4 is 15.4 Å². The maximum absolute atomic E-state index is 14.3. The van der Waals surface area contributed by atoms with Crippen molar-refractivity contribution in [3.8, 4) is 5.75 Å². The number of nitrogens with zero attached hydrogens (tertiary/aromatic N) is 2. The van der Waals surface area contributed by atoms with Crippen molar-refractivity contribution in [1.82, 2.24) is 9.80 Å². The molecule has 13 heteroatoms. The average molecular weight is 699 g/mol. The van der Waals surface area contributed by atoms with E-state index in [0.717, 1.165) is 18.6 Å². The molecule has 4 atom stereocenters. The number of amides is 4. The molecule has 1 aliphatic rings. The van der Waals surface area contributed by atoms with Crippen LogP contribution in [0.15, 0.2) is 72.8 Å². The van der Waals surface area contributed by atoms with Crippen molar-refractivity contribution < 1.29 is 42.1 Å². The lowest BCUT2D eigenvalue weighted by Crippen LogP contribution is -2.48. The van der Waals surface area contributed by atoms with Crippen molar-refractivity contribution in [2.24, 2.45) is 5.92 Å². The summed E-state index contributed by atoms with van der Waals surface area (Å²) in [6.07, 6.45) is -3.11. The van der Waals surface area contributed by atoms with Crippen LogP contribution in [0.4, 0.5) is 29.3 Å². The van der Waals surface area contributed by atoms with Gasteiger partial charge in [0.2, 0.25) is 0 Å². The highest BCUT2D eigenvalue weighted by molar-refractivity contribution is 6.05. The normalized spacial score (nSPS) is 19.7. The second kappa shape index (κ2) is 17.3.